The van der Waals surface area contributed by atoms with Crippen LogP contribution in [0, 0.1) is 11.8 Å². The van der Waals surface area contributed by atoms with E-state index in [1.807, 2.05) is 6.20 Å². The minimum atomic E-state index is 0.634. The van der Waals surface area contributed by atoms with Crippen LogP contribution in [-0.2, 0) is 12.8 Å². The van der Waals surface area contributed by atoms with Gasteiger partial charge in [-0.2, -0.15) is 5.10 Å². The van der Waals surface area contributed by atoms with Crippen molar-refractivity contribution in [2.24, 2.45) is 11.8 Å². The normalized spacial score (nSPS) is 11.5. The minimum Gasteiger partial charge on any atom is -0.282 e. The second-order valence-electron chi connectivity index (χ2n) is 6.03. The minimum absolute atomic E-state index is 0.634. The van der Waals surface area contributed by atoms with Gasteiger partial charge >= 0.3 is 0 Å². The summed E-state index contributed by atoms with van der Waals surface area (Å²) in [6.45, 7) is 8.86. The second kappa shape index (κ2) is 6.00. The molecule has 0 radical (unpaired) electrons. The summed E-state index contributed by atoms with van der Waals surface area (Å²) in [5.41, 5.74) is 4.35. The molecule has 2 aromatic rings. The van der Waals surface area contributed by atoms with E-state index in [1.165, 1.54) is 11.3 Å². The Hall–Kier alpha value is -1.64. The first-order valence-corrected chi connectivity index (χ1v) is 7.04. The number of aromatic amines is 1. The Morgan fingerprint density at radius 2 is 1.74 bits per heavy atom. The Kier molecular flexibility index (Phi) is 4.35. The third-order valence-electron chi connectivity index (χ3n) is 2.99. The molecule has 0 unspecified atom stereocenters. The van der Waals surface area contributed by atoms with Gasteiger partial charge in [0.2, 0.25) is 0 Å². The summed E-state index contributed by atoms with van der Waals surface area (Å²) >= 11 is 0. The zero-order valence-electron chi connectivity index (χ0n) is 12.3. The predicted molar refractivity (Wildman–Crippen MR) is 78.9 cm³/mol. The lowest BCUT2D eigenvalue weighted by molar-refractivity contribution is 0.633. The average Bonchev–Trinajstić information content (AvgIpc) is 2.76. The summed E-state index contributed by atoms with van der Waals surface area (Å²) in [7, 11) is 0. The summed E-state index contributed by atoms with van der Waals surface area (Å²) in [6.07, 6.45) is 4.07. The van der Waals surface area contributed by atoms with Gasteiger partial charge in [0.15, 0.2) is 0 Å². The molecule has 0 spiro atoms. The van der Waals surface area contributed by atoms with Crippen LogP contribution in [0.2, 0.25) is 0 Å². The van der Waals surface area contributed by atoms with Crippen molar-refractivity contribution in [3.05, 3.63) is 35.7 Å². The molecule has 2 rings (SSSR count). The van der Waals surface area contributed by atoms with Gasteiger partial charge < -0.3 is 0 Å². The highest BCUT2D eigenvalue weighted by Crippen LogP contribution is 2.18. The molecule has 3 heteroatoms. The van der Waals surface area contributed by atoms with Gasteiger partial charge in [0.05, 0.1) is 5.69 Å². The maximum atomic E-state index is 4.51. The summed E-state index contributed by atoms with van der Waals surface area (Å²) in [6, 6.07) is 6.32. The van der Waals surface area contributed by atoms with E-state index in [1.54, 1.807) is 0 Å². The van der Waals surface area contributed by atoms with E-state index in [4.69, 9.17) is 0 Å². The average molecular weight is 257 g/mol. The fourth-order valence-corrected chi connectivity index (χ4v) is 2.21. The van der Waals surface area contributed by atoms with E-state index in [2.05, 4.69) is 61.1 Å². The molecule has 0 bridgehead atoms. The van der Waals surface area contributed by atoms with Crippen LogP contribution in [0.4, 0.5) is 0 Å². The van der Waals surface area contributed by atoms with E-state index in [9.17, 15) is 0 Å². The first-order valence-electron chi connectivity index (χ1n) is 7.04. The molecule has 0 aliphatic heterocycles. The van der Waals surface area contributed by atoms with Crippen molar-refractivity contribution in [1.29, 1.82) is 0 Å². The quantitative estimate of drug-likeness (QED) is 0.883. The monoisotopic (exact) mass is 257 g/mol. The fraction of sp³-hybridized carbons (Fsp3) is 0.500. The Labute approximate surface area is 115 Å². The summed E-state index contributed by atoms with van der Waals surface area (Å²) in [5, 5.41) is 7.44. The Morgan fingerprint density at radius 1 is 1.00 bits per heavy atom. The molecule has 0 aromatic carbocycles. The first kappa shape index (κ1) is 13.8. The first-order chi connectivity index (χ1) is 9.04. The predicted octanol–water partition coefficient (Wildman–Crippen LogP) is 3.87. The van der Waals surface area contributed by atoms with Crippen LogP contribution in [0.1, 0.15) is 39.0 Å². The number of aromatic nitrogens is 3. The van der Waals surface area contributed by atoms with E-state index >= 15 is 0 Å². The number of nitrogens with one attached hydrogen (secondary N) is 1. The molecule has 0 aliphatic carbocycles. The highest BCUT2D eigenvalue weighted by atomic mass is 15.1. The molecule has 0 aliphatic rings. The number of hydrogen-bond acceptors (Lipinski definition) is 2. The van der Waals surface area contributed by atoms with Crippen molar-refractivity contribution in [2.75, 3.05) is 0 Å². The van der Waals surface area contributed by atoms with Crippen molar-refractivity contribution in [1.82, 2.24) is 15.2 Å². The molecule has 2 heterocycles. The van der Waals surface area contributed by atoms with Crippen molar-refractivity contribution < 1.29 is 0 Å². The molecule has 3 nitrogen and oxygen atoms in total. The number of nitrogens with zero attached hydrogens (tertiary/aromatic N) is 2. The van der Waals surface area contributed by atoms with E-state index in [-0.39, 0.29) is 0 Å². The van der Waals surface area contributed by atoms with Crippen molar-refractivity contribution >= 4 is 0 Å². The van der Waals surface area contributed by atoms with Crippen LogP contribution in [0.3, 0.4) is 0 Å². The highest BCUT2D eigenvalue weighted by molar-refractivity contribution is 5.54. The van der Waals surface area contributed by atoms with Crippen LogP contribution in [0.25, 0.3) is 11.4 Å². The molecule has 0 saturated carbocycles. The lowest BCUT2D eigenvalue weighted by Crippen LogP contribution is -1.95. The number of pyridine rings is 1. The van der Waals surface area contributed by atoms with Crippen LogP contribution >= 0.6 is 0 Å². The molecular weight excluding hydrogens is 234 g/mol. The van der Waals surface area contributed by atoms with Gasteiger partial charge in [-0.05, 0) is 42.4 Å². The molecule has 0 atom stereocenters. The molecule has 2 aromatic heterocycles. The van der Waals surface area contributed by atoms with Gasteiger partial charge in [-0.1, -0.05) is 33.8 Å². The third kappa shape index (κ3) is 3.91. The molecule has 0 amide bonds. The van der Waals surface area contributed by atoms with Gasteiger partial charge in [-0.25, -0.2) is 0 Å². The van der Waals surface area contributed by atoms with Crippen LogP contribution in [0.15, 0.2) is 24.4 Å². The van der Waals surface area contributed by atoms with Crippen molar-refractivity contribution in [3.63, 3.8) is 0 Å². The topological polar surface area (TPSA) is 41.6 Å². The largest absolute Gasteiger partial charge is 0.282 e. The van der Waals surface area contributed by atoms with Crippen LogP contribution < -0.4 is 0 Å². The molecule has 0 saturated heterocycles. The molecule has 102 valence electrons. The van der Waals surface area contributed by atoms with Crippen molar-refractivity contribution in [3.8, 4) is 11.4 Å². The lowest BCUT2D eigenvalue weighted by Gasteiger charge is -2.04. The Balaban J connectivity index is 2.11. The zero-order chi connectivity index (χ0) is 13.8. The van der Waals surface area contributed by atoms with E-state index in [0.717, 1.165) is 24.2 Å². The maximum Gasteiger partial charge on any atom is 0.111 e. The second-order valence-corrected chi connectivity index (χ2v) is 6.03. The summed E-state index contributed by atoms with van der Waals surface area (Å²) < 4.78 is 0. The van der Waals surface area contributed by atoms with Gasteiger partial charge in [-0.15, -0.1) is 0 Å². The SMILES string of the molecule is CC(C)Cc1ccc(-c2cc(CC(C)C)[nH]n2)nc1. The van der Waals surface area contributed by atoms with Gasteiger partial charge in [0.1, 0.15) is 5.69 Å². The smallest absolute Gasteiger partial charge is 0.111 e. The fourth-order valence-electron chi connectivity index (χ4n) is 2.21. The Bertz CT molecular complexity index is 509. The number of hydrogen-bond donors (Lipinski definition) is 1. The van der Waals surface area contributed by atoms with Gasteiger partial charge in [-0.3, -0.25) is 10.1 Å². The molecule has 1 N–H and O–H groups in total. The van der Waals surface area contributed by atoms with Gasteiger partial charge in [0, 0.05) is 11.9 Å². The maximum absolute atomic E-state index is 4.51. The lowest BCUT2D eigenvalue weighted by atomic mass is 10.0. The van der Waals surface area contributed by atoms with E-state index < -0.39 is 0 Å². The van der Waals surface area contributed by atoms with E-state index in [0.29, 0.717) is 11.8 Å². The standard InChI is InChI=1S/C16H23N3/c1-11(2)7-13-5-6-15(17-10-13)16-9-14(18-19-16)8-12(3)4/h5-6,9-12H,7-8H2,1-4H3,(H,18,19). The summed E-state index contributed by atoms with van der Waals surface area (Å²) in [4.78, 5) is 4.51. The molecule has 0 fully saturated rings. The number of H-pyrrole nitrogens is 1. The molecule has 19 heavy (non-hydrogen) atoms. The molecular formula is C16H23N3. The number of rotatable bonds is 5. The zero-order valence-corrected chi connectivity index (χ0v) is 12.3. The third-order valence-corrected chi connectivity index (χ3v) is 2.99. The van der Waals surface area contributed by atoms with Crippen LogP contribution in [-0.4, -0.2) is 15.2 Å². The van der Waals surface area contributed by atoms with Crippen LogP contribution in [0.5, 0.6) is 0 Å². The summed E-state index contributed by atoms with van der Waals surface area (Å²) in [5.74, 6) is 1.30. The van der Waals surface area contributed by atoms with Crippen molar-refractivity contribution in [2.45, 2.75) is 40.5 Å². The highest BCUT2D eigenvalue weighted by Gasteiger charge is 2.07. The van der Waals surface area contributed by atoms with Gasteiger partial charge in [0.25, 0.3) is 0 Å². The Morgan fingerprint density at radius 3 is 2.32 bits per heavy atom.